The molecule has 3 aromatic rings. The van der Waals surface area contributed by atoms with Gasteiger partial charge in [0.05, 0.1) is 35.0 Å². The third-order valence-corrected chi connectivity index (χ3v) is 6.90. The molecule has 2 amide bonds. The highest BCUT2D eigenvalue weighted by atomic mass is 32.1. The van der Waals surface area contributed by atoms with E-state index in [2.05, 4.69) is 15.3 Å². The first kappa shape index (κ1) is 19.2. The smallest absolute Gasteiger partial charge is 0.282 e. The average Bonchev–Trinajstić information content (AvgIpc) is 3.14. The van der Waals surface area contributed by atoms with Gasteiger partial charge in [-0.3, -0.25) is 9.59 Å². The van der Waals surface area contributed by atoms with Crippen LogP contribution in [0.15, 0.2) is 36.4 Å². The number of nitrogens with one attached hydrogen (secondary N) is 2. The van der Waals surface area contributed by atoms with Gasteiger partial charge in [0.2, 0.25) is 5.91 Å². The Hall–Kier alpha value is -2.81. The molecule has 30 heavy (non-hydrogen) atoms. The van der Waals surface area contributed by atoms with E-state index in [1.807, 2.05) is 31.2 Å². The monoisotopic (exact) mass is 430 g/mol. The van der Waals surface area contributed by atoms with E-state index >= 15 is 0 Å². The number of halogens is 2. The van der Waals surface area contributed by atoms with Gasteiger partial charge in [0.15, 0.2) is 0 Å². The number of rotatable bonds is 5. The Balaban J connectivity index is 1.19. The lowest BCUT2D eigenvalue weighted by atomic mass is 10.1. The number of benzene rings is 1. The molecular weight excluding hydrogens is 410 g/mol. The van der Waals surface area contributed by atoms with Gasteiger partial charge >= 0.3 is 0 Å². The number of imidazole rings is 1. The number of para-hydroxylation sites is 2. The number of carbonyl (C=O) groups is 2. The van der Waals surface area contributed by atoms with Crippen LogP contribution in [0.5, 0.6) is 0 Å². The van der Waals surface area contributed by atoms with Crippen LogP contribution in [0.25, 0.3) is 11.0 Å². The quantitative estimate of drug-likeness (QED) is 0.648. The Bertz CT molecular complexity index is 1100. The van der Waals surface area contributed by atoms with Crippen molar-refractivity contribution in [2.45, 2.75) is 31.2 Å². The second-order valence-corrected chi connectivity index (χ2v) is 9.15. The normalized spacial score (nSPS) is 23.1. The lowest BCUT2D eigenvalue weighted by molar-refractivity contribution is -0.123. The molecule has 1 saturated carbocycles. The van der Waals surface area contributed by atoms with Gasteiger partial charge in [0.25, 0.3) is 11.8 Å². The highest BCUT2D eigenvalue weighted by Crippen LogP contribution is 2.47. The SMILES string of the molecule is C[C@@H](NC(=O)C1CC1c1nc2ccccc2[nH]1)c1ccc(C(=O)N2CC(F)(F)C2)s1. The summed E-state index contributed by atoms with van der Waals surface area (Å²) in [5.74, 6) is -2.42. The van der Waals surface area contributed by atoms with E-state index in [0.29, 0.717) is 4.88 Å². The number of hydrogen-bond donors (Lipinski definition) is 2. The molecule has 6 nitrogen and oxygen atoms in total. The van der Waals surface area contributed by atoms with Gasteiger partial charge in [0, 0.05) is 16.7 Å². The standard InChI is InChI=1S/C21H20F2N4O2S/c1-11(16-6-7-17(30-16)20(29)27-9-21(22,23)10-27)24-19(28)13-8-12(13)18-25-14-4-2-3-5-15(14)26-18/h2-7,11-13H,8-10H2,1H3,(H,24,28)(H,25,26)/t11-,12?,13?/m1/s1. The number of aromatic nitrogens is 2. The Morgan fingerprint density at radius 2 is 2.03 bits per heavy atom. The molecule has 156 valence electrons. The van der Waals surface area contributed by atoms with E-state index in [4.69, 9.17) is 0 Å². The summed E-state index contributed by atoms with van der Waals surface area (Å²) >= 11 is 1.23. The Kier molecular flexibility index (Phi) is 4.39. The zero-order valence-corrected chi connectivity index (χ0v) is 17.0. The van der Waals surface area contributed by atoms with E-state index in [0.717, 1.165) is 33.1 Å². The summed E-state index contributed by atoms with van der Waals surface area (Å²) in [6, 6.07) is 10.9. The van der Waals surface area contributed by atoms with Crippen molar-refractivity contribution in [1.82, 2.24) is 20.2 Å². The molecule has 0 spiro atoms. The first-order valence-corrected chi connectivity index (χ1v) is 10.6. The summed E-state index contributed by atoms with van der Waals surface area (Å²) in [6.07, 6.45) is 0.746. The Morgan fingerprint density at radius 1 is 1.27 bits per heavy atom. The minimum Gasteiger partial charge on any atom is -0.349 e. The summed E-state index contributed by atoms with van der Waals surface area (Å²) < 4.78 is 26.0. The van der Waals surface area contributed by atoms with Gasteiger partial charge in [0.1, 0.15) is 5.82 Å². The molecule has 3 heterocycles. The topological polar surface area (TPSA) is 78.1 Å². The van der Waals surface area contributed by atoms with Crippen LogP contribution in [0.3, 0.4) is 0 Å². The maximum Gasteiger partial charge on any atom is 0.282 e. The highest BCUT2D eigenvalue weighted by Gasteiger charge is 2.47. The lowest BCUT2D eigenvalue weighted by Gasteiger charge is -2.38. The molecule has 0 bridgehead atoms. The molecule has 1 aromatic carbocycles. The fourth-order valence-electron chi connectivity index (χ4n) is 3.84. The predicted molar refractivity (Wildman–Crippen MR) is 109 cm³/mol. The molecule has 1 aliphatic carbocycles. The number of thiophene rings is 1. The first-order chi connectivity index (χ1) is 14.3. The molecule has 2 unspecified atom stereocenters. The molecule has 3 atom stereocenters. The third-order valence-electron chi connectivity index (χ3n) is 5.64. The largest absolute Gasteiger partial charge is 0.349 e. The number of likely N-dealkylation sites (tertiary alicyclic amines) is 1. The molecule has 9 heteroatoms. The van der Waals surface area contributed by atoms with Crippen LogP contribution < -0.4 is 5.32 Å². The molecule has 2 fully saturated rings. The van der Waals surface area contributed by atoms with Crippen LogP contribution in [0.2, 0.25) is 0 Å². The summed E-state index contributed by atoms with van der Waals surface area (Å²) in [5.41, 5.74) is 1.85. The van der Waals surface area contributed by atoms with Gasteiger partial charge in [-0.05, 0) is 37.6 Å². The molecule has 1 saturated heterocycles. The number of alkyl halides is 2. The minimum absolute atomic E-state index is 0.0448. The van der Waals surface area contributed by atoms with Crippen molar-refractivity contribution in [3.63, 3.8) is 0 Å². The van der Waals surface area contributed by atoms with Gasteiger partial charge in [-0.2, -0.15) is 0 Å². The number of amides is 2. The Morgan fingerprint density at radius 3 is 2.77 bits per heavy atom. The van der Waals surface area contributed by atoms with Crippen molar-refractivity contribution < 1.29 is 18.4 Å². The molecule has 1 aliphatic heterocycles. The summed E-state index contributed by atoms with van der Waals surface area (Å²) in [6.45, 7) is 0.792. The second kappa shape index (κ2) is 6.87. The average molecular weight is 430 g/mol. The van der Waals surface area contributed by atoms with Crippen LogP contribution in [0.1, 0.15) is 45.7 Å². The van der Waals surface area contributed by atoms with E-state index in [1.165, 1.54) is 11.3 Å². The third kappa shape index (κ3) is 3.47. The van der Waals surface area contributed by atoms with Crippen LogP contribution in [0.4, 0.5) is 8.78 Å². The fourth-order valence-corrected chi connectivity index (χ4v) is 4.82. The zero-order valence-electron chi connectivity index (χ0n) is 16.2. The maximum atomic E-state index is 13.0. The van der Waals surface area contributed by atoms with E-state index in [1.54, 1.807) is 12.1 Å². The molecule has 2 aliphatic rings. The van der Waals surface area contributed by atoms with Gasteiger partial charge in [-0.15, -0.1) is 11.3 Å². The van der Waals surface area contributed by atoms with Crippen LogP contribution in [-0.4, -0.2) is 45.7 Å². The number of carbonyl (C=O) groups excluding carboxylic acids is 2. The summed E-state index contributed by atoms with van der Waals surface area (Å²) in [4.78, 5) is 35.2. The fraction of sp³-hybridized carbons (Fsp3) is 0.381. The first-order valence-electron chi connectivity index (χ1n) is 9.82. The van der Waals surface area contributed by atoms with Crippen molar-refractivity contribution in [3.05, 3.63) is 52.0 Å². The summed E-state index contributed by atoms with van der Waals surface area (Å²) in [7, 11) is 0. The molecule has 5 rings (SSSR count). The number of H-pyrrole nitrogens is 1. The van der Waals surface area contributed by atoms with Crippen molar-refractivity contribution in [1.29, 1.82) is 0 Å². The van der Waals surface area contributed by atoms with Crippen molar-refractivity contribution in [2.75, 3.05) is 13.1 Å². The predicted octanol–water partition coefficient (Wildman–Crippen LogP) is 3.70. The van der Waals surface area contributed by atoms with Gasteiger partial charge in [-0.1, -0.05) is 12.1 Å². The number of hydrogen-bond acceptors (Lipinski definition) is 4. The van der Waals surface area contributed by atoms with Crippen LogP contribution >= 0.6 is 11.3 Å². The minimum atomic E-state index is -2.78. The molecule has 2 aromatic heterocycles. The number of aromatic amines is 1. The van der Waals surface area contributed by atoms with E-state index in [-0.39, 0.29) is 29.7 Å². The van der Waals surface area contributed by atoms with Crippen LogP contribution in [-0.2, 0) is 4.79 Å². The summed E-state index contributed by atoms with van der Waals surface area (Å²) in [5, 5.41) is 3.00. The molecule has 0 radical (unpaired) electrons. The lowest BCUT2D eigenvalue weighted by Crippen LogP contribution is -2.58. The molecule has 2 N–H and O–H groups in total. The van der Waals surface area contributed by atoms with E-state index in [9.17, 15) is 18.4 Å². The van der Waals surface area contributed by atoms with Crippen molar-refractivity contribution in [2.24, 2.45) is 5.92 Å². The van der Waals surface area contributed by atoms with Crippen LogP contribution in [0, 0.1) is 5.92 Å². The van der Waals surface area contributed by atoms with E-state index < -0.39 is 19.0 Å². The Labute approximate surface area is 175 Å². The van der Waals surface area contributed by atoms with Crippen molar-refractivity contribution >= 4 is 34.2 Å². The van der Waals surface area contributed by atoms with Gasteiger partial charge < -0.3 is 15.2 Å². The second-order valence-electron chi connectivity index (χ2n) is 8.04. The van der Waals surface area contributed by atoms with Crippen molar-refractivity contribution in [3.8, 4) is 0 Å². The maximum absolute atomic E-state index is 13.0. The zero-order chi connectivity index (χ0) is 21.0. The number of fused-ring (bicyclic) bond motifs is 1. The van der Waals surface area contributed by atoms with Gasteiger partial charge in [-0.25, -0.2) is 13.8 Å². The highest BCUT2D eigenvalue weighted by molar-refractivity contribution is 7.14. The number of nitrogens with zero attached hydrogens (tertiary/aromatic N) is 2. The molecular formula is C21H20F2N4O2S.